The maximum Gasteiger partial charge on any atom is 0.305 e. The zero-order chi connectivity index (χ0) is 18.0. The van der Waals surface area contributed by atoms with Gasteiger partial charge in [-0.05, 0) is 30.2 Å². The molecule has 1 aromatic carbocycles. The molecule has 0 bridgehead atoms. The number of rotatable bonds is 6. The highest BCUT2D eigenvalue weighted by atomic mass is 16.5. The van der Waals surface area contributed by atoms with Gasteiger partial charge in [0.15, 0.2) is 0 Å². The first kappa shape index (κ1) is 17.3. The molecule has 2 N–H and O–H groups in total. The van der Waals surface area contributed by atoms with E-state index >= 15 is 0 Å². The minimum Gasteiger partial charge on any atom is -0.497 e. The Balaban J connectivity index is 1.80. The summed E-state index contributed by atoms with van der Waals surface area (Å²) < 4.78 is 10.6. The first-order valence-electron chi connectivity index (χ1n) is 8.20. The lowest BCUT2D eigenvalue weighted by Gasteiger charge is -2.23. The van der Waals surface area contributed by atoms with E-state index in [9.17, 15) is 9.59 Å². The number of aromatic amines is 1. The lowest BCUT2D eigenvalue weighted by molar-refractivity contribution is -0.139. The molecule has 2 unspecified atom stereocenters. The molecule has 2 atom stereocenters. The van der Waals surface area contributed by atoms with Crippen molar-refractivity contribution in [1.82, 2.24) is 9.88 Å². The van der Waals surface area contributed by atoms with E-state index in [-0.39, 0.29) is 30.9 Å². The van der Waals surface area contributed by atoms with Crippen molar-refractivity contribution in [2.24, 2.45) is 0 Å². The smallest absolute Gasteiger partial charge is 0.305 e. The molecular formula is C18H22N2O5. The fraction of sp³-hybridized carbons (Fsp3) is 0.444. The highest BCUT2D eigenvalue weighted by Gasteiger charge is 2.36. The molecule has 1 fully saturated rings. The minimum atomic E-state index is -0.906. The Morgan fingerprint density at radius 2 is 2.16 bits per heavy atom. The average Bonchev–Trinajstić information content (AvgIpc) is 3.18. The molecule has 0 spiro atoms. The highest BCUT2D eigenvalue weighted by Crippen LogP contribution is 2.27. The normalized spacial score (nSPS) is 20.2. The maximum absolute atomic E-state index is 12.8. The molecule has 1 aliphatic rings. The molecule has 25 heavy (non-hydrogen) atoms. The monoisotopic (exact) mass is 346 g/mol. The number of H-pyrrole nitrogens is 1. The van der Waals surface area contributed by atoms with Gasteiger partial charge in [-0.3, -0.25) is 9.59 Å². The van der Waals surface area contributed by atoms with Crippen molar-refractivity contribution in [3.8, 4) is 5.75 Å². The number of nitrogens with one attached hydrogen (secondary N) is 1. The fourth-order valence-corrected chi connectivity index (χ4v) is 3.44. The number of carboxylic acid groups (broad SMARTS) is 1. The standard InChI is InChI=1S/C18H22N2O5/c1-24-13-3-4-16-15(8-13)11(9-19-16)5-17(21)20-10-14(25-2)6-12(20)7-18(22)23/h3-4,8-9,12,14,19H,5-7,10H2,1-2H3,(H,22,23). The summed E-state index contributed by atoms with van der Waals surface area (Å²) >= 11 is 0. The van der Waals surface area contributed by atoms with E-state index in [1.807, 2.05) is 24.4 Å². The second-order valence-corrected chi connectivity index (χ2v) is 6.29. The van der Waals surface area contributed by atoms with Gasteiger partial charge in [0.25, 0.3) is 0 Å². The van der Waals surface area contributed by atoms with Crippen LogP contribution < -0.4 is 4.74 Å². The van der Waals surface area contributed by atoms with Crippen LogP contribution in [0.4, 0.5) is 0 Å². The number of ether oxygens (including phenoxy) is 2. The summed E-state index contributed by atoms with van der Waals surface area (Å²) in [4.78, 5) is 28.7. The number of carbonyl (C=O) groups excluding carboxylic acids is 1. The van der Waals surface area contributed by atoms with Crippen molar-refractivity contribution < 1.29 is 24.2 Å². The molecule has 1 aliphatic heterocycles. The predicted octanol–water partition coefficient (Wildman–Crippen LogP) is 1.81. The number of hydrogen-bond donors (Lipinski definition) is 2. The van der Waals surface area contributed by atoms with Gasteiger partial charge >= 0.3 is 5.97 Å². The van der Waals surface area contributed by atoms with Gasteiger partial charge in [0, 0.05) is 36.8 Å². The Morgan fingerprint density at radius 1 is 1.36 bits per heavy atom. The summed E-state index contributed by atoms with van der Waals surface area (Å²) in [6, 6.07) is 5.34. The van der Waals surface area contributed by atoms with Gasteiger partial charge in [-0.1, -0.05) is 0 Å². The molecule has 7 nitrogen and oxygen atoms in total. The number of fused-ring (bicyclic) bond motifs is 1. The van der Waals surface area contributed by atoms with Crippen molar-refractivity contribution in [3.63, 3.8) is 0 Å². The van der Waals surface area contributed by atoms with Gasteiger partial charge < -0.3 is 24.5 Å². The largest absolute Gasteiger partial charge is 0.497 e. The molecule has 1 amide bonds. The number of likely N-dealkylation sites (tertiary alicyclic amines) is 1. The molecule has 7 heteroatoms. The molecule has 2 aromatic rings. The Morgan fingerprint density at radius 3 is 2.84 bits per heavy atom. The number of aliphatic carboxylic acids is 1. The van der Waals surface area contributed by atoms with Crippen LogP contribution in [0.25, 0.3) is 10.9 Å². The van der Waals surface area contributed by atoms with Crippen LogP contribution in [0.5, 0.6) is 5.75 Å². The highest BCUT2D eigenvalue weighted by molar-refractivity contribution is 5.90. The first-order valence-corrected chi connectivity index (χ1v) is 8.20. The van der Waals surface area contributed by atoms with Crippen LogP contribution in [0.3, 0.4) is 0 Å². The number of amides is 1. The molecule has 134 valence electrons. The SMILES string of the molecule is COc1ccc2[nH]cc(CC(=O)N3CC(OC)CC3CC(=O)O)c2c1. The van der Waals surface area contributed by atoms with Gasteiger partial charge in [-0.2, -0.15) is 0 Å². The van der Waals surface area contributed by atoms with Gasteiger partial charge in [-0.25, -0.2) is 0 Å². The number of aromatic nitrogens is 1. The lowest BCUT2D eigenvalue weighted by atomic mass is 10.1. The van der Waals surface area contributed by atoms with Crippen molar-refractivity contribution in [2.75, 3.05) is 20.8 Å². The number of methoxy groups -OCH3 is 2. The van der Waals surface area contributed by atoms with Gasteiger partial charge in [-0.15, -0.1) is 0 Å². The van der Waals surface area contributed by atoms with Crippen molar-refractivity contribution in [1.29, 1.82) is 0 Å². The van der Waals surface area contributed by atoms with Crippen molar-refractivity contribution >= 4 is 22.8 Å². The number of hydrogen-bond acceptors (Lipinski definition) is 4. The topological polar surface area (TPSA) is 91.9 Å². The van der Waals surface area contributed by atoms with E-state index < -0.39 is 5.97 Å². The van der Waals surface area contributed by atoms with Crippen molar-refractivity contribution in [3.05, 3.63) is 30.0 Å². The Kier molecular flexibility index (Phi) is 4.94. The summed E-state index contributed by atoms with van der Waals surface area (Å²) in [6.07, 6.45) is 2.40. The predicted molar refractivity (Wildman–Crippen MR) is 91.7 cm³/mol. The maximum atomic E-state index is 12.8. The van der Waals surface area contributed by atoms with Crippen LogP contribution in [0, 0.1) is 0 Å². The van der Waals surface area contributed by atoms with E-state index in [0.717, 1.165) is 22.2 Å². The van der Waals surface area contributed by atoms with Crippen LogP contribution >= 0.6 is 0 Å². The van der Waals surface area contributed by atoms with Crippen LogP contribution in [0.1, 0.15) is 18.4 Å². The van der Waals surface area contributed by atoms with E-state index in [0.29, 0.717) is 13.0 Å². The molecule has 0 saturated carbocycles. The van der Waals surface area contributed by atoms with Crippen LogP contribution in [0.2, 0.25) is 0 Å². The second kappa shape index (κ2) is 7.14. The lowest BCUT2D eigenvalue weighted by Crippen LogP contribution is -2.38. The van der Waals surface area contributed by atoms with E-state index in [4.69, 9.17) is 14.6 Å². The minimum absolute atomic E-state index is 0.0622. The molecule has 0 radical (unpaired) electrons. The van der Waals surface area contributed by atoms with Crippen molar-refractivity contribution in [2.45, 2.75) is 31.4 Å². The summed E-state index contributed by atoms with van der Waals surface area (Å²) in [7, 11) is 3.19. The molecule has 0 aliphatic carbocycles. The summed E-state index contributed by atoms with van der Waals surface area (Å²) in [6.45, 7) is 0.430. The third kappa shape index (κ3) is 3.61. The summed E-state index contributed by atoms with van der Waals surface area (Å²) in [5.74, 6) is -0.268. The third-order valence-corrected chi connectivity index (χ3v) is 4.76. The Labute approximate surface area is 145 Å². The third-order valence-electron chi connectivity index (χ3n) is 4.76. The van der Waals surface area contributed by atoms with E-state index in [1.54, 1.807) is 19.1 Å². The Bertz CT molecular complexity index is 785. The van der Waals surface area contributed by atoms with Gasteiger partial charge in [0.05, 0.1) is 26.1 Å². The first-order chi connectivity index (χ1) is 12.0. The second-order valence-electron chi connectivity index (χ2n) is 6.29. The molecular weight excluding hydrogens is 324 g/mol. The number of carboxylic acids is 1. The molecule has 1 saturated heterocycles. The summed E-state index contributed by atoms with van der Waals surface area (Å²) in [5.41, 5.74) is 1.80. The number of benzene rings is 1. The average molecular weight is 346 g/mol. The molecule has 1 aromatic heterocycles. The zero-order valence-corrected chi connectivity index (χ0v) is 14.3. The van der Waals surface area contributed by atoms with Crippen LogP contribution in [-0.2, 0) is 20.7 Å². The molecule has 2 heterocycles. The fourth-order valence-electron chi connectivity index (χ4n) is 3.44. The summed E-state index contributed by atoms with van der Waals surface area (Å²) in [5, 5.41) is 10.0. The Hall–Kier alpha value is -2.54. The van der Waals surface area contributed by atoms with E-state index in [2.05, 4.69) is 4.98 Å². The number of carbonyl (C=O) groups is 2. The van der Waals surface area contributed by atoms with Gasteiger partial charge in [0.2, 0.25) is 5.91 Å². The zero-order valence-electron chi connectivity index (χ0n) is 14.3. The van der Waals surface area contributed by atoms with E-state index in [1.165, 1.54) is 0 Å². The van der Waals surface area contributed by atoms with Crippen LogP contribution in [0.15, 0.2) is 24.4 Å². The number of nitrogens with zero attached hydrogens (tertiary/aromatic N) is 1. The molecule has 3 rings (SSSR count). The van der Waals surface area contributed by atoms with Crippen LogP contribution in [-0.4, -0.2) is 59.8 Å². The van der Waals surface area contributed by atoms with Gasteiger partial charge in [0.1, 0.15) is 5.75 Å². The quantitative estimate of drug-likeness (QED) is 0.832.